The van der Waals surface area contributed by atoms with Crippen molar-refractivity contribution in [3.63, 3.8) is 0 Å². The molecule has 0 unspecified atom stereocenters. The molecule has 0 N–H and O–H groups in total. The van der Waals surface area contributed by atoms with E-state index in [1.807, 2.05) is 39.1 Å². The van der Waals surface area contributed by atoms with Gasteiger partial charge in [-0.25, -0.2) is 0 Å². The van der Waals surface area contributed by atoms with E-state index < -0.39 is 0 Å². The summed E-state index contributed by atoms with van der Waals surface area (Å²) >= 11 is 0. The van der Waals surface area contributed by atoms with E-state index in [2.05, 4.69) is 17.0 Å². The first kappa shape index (κ1) is 13.1. The van der Waals surface area contributed by atoms with Crippen molar-refractivity contribution >= 4 is 5.69 Å². The summed E-state index contributed by atoms with van der Waals surface area (Å²) in [5, 5.41) is 17.8. The fourth-order valence-corrected chi connectivity index (χ4v) is 1.45. The van der Waals surface area contributed by atoms with Gasteiger partial charge in [0.15, 0.2) is 0 Å². The summed E-state index contributed by atoms with van der Waals surface area (Å²) in [5.41, 5.74) is 1.37. The van der Waals surface area contributed by atoms with Crippen LogP contribution in [0.3, 0.4) is 0 Å². The first-order valence-electron chi connectivity index (χ1n) is 5.61. The second-order valence-electron chi connectivity index (χ2n) is 4.83. The summed E-state index contributed by atoms with van der Waals surface area (Å²) in [6, 6.07) is 11.9. The van der Waals surface area contributed by atoms with Crippen molar-refractivity contribution in [3.8, 4) is 12.1 Å². The molecule has 1 rings (SSSR count). The Morgan fingerprint density at radius 2 is 2.00 bits per heavy atom. The van der Waals surface area contributed by atoms with Gasteiger partial charge in [0, 0.05) is 19.3 Å². The summed E-state index contributed by atoms with van der Waals surface area (Å²) in [7, 11) is 1.98. The smallest absolute Gasteiger partial charge is 0.0992 e. The summed E-state index contributed by atoms with van der Waals surface area (Å²) in [5.74, 6) is 0. The van der Waals surface area contributed by atoms with Gasteiger partial charge in [-0.05, 0) is 38.5 Å². The van der Waals surface area contributed by atoms with Gasteiger partial charge in [-0.2, -0.15) is 10.5 Å². The van der Waals surface area contributed by atoms with E-state index >= 15 is 0 Å². The minimum absolute atomic E-state index is 0.304. The molecule has 1 aromatic carbocycles. The molecule has 0 fully saturated rings. The lowest BCUT2D eigenvalue weighted by atomic mass is 9.91. The number of rotatable bonds is 4. The topological polar surface area (TPSA) is 50.8 Å². The van der Waals surface area contributed by atoms with E-state index in [4.69, 9.17) is 10.5 Å². The molecule has 0 atom stereocenters. The molecule has 0 saturated carbocycles. The quantitative estimate of drug-likeness (QED) is 0.794. The SMILES string of the molecule is CN(CCC(C)(C)C#N)c1cccc(C#N)c1. The zero-order valence-electron chi connectivity index (χ0n) is 10.6. The minimum atomic E-state index is -0.304. The molecule has 0 bridgehead atoms. The third-order valence-corrected chi connectivity index (χ3v) is 2.79. The Balaban J connectivity index is 2.68. The Bertz CT molecular complexity index is 463. The molecule has 0 aromatic heterocycles. The van der Waals surface area contributed by atoms with Gasteiger partial charge in [-0.1, -0.05) is 6.07 Å². The molecule has 3 heteroatoms. The fraction of sp³-hybridized carbons (Fsp3) is 0.429. The second-order valence-corrected chi connectivity index (χ2v) is 4.83. The highest BCUT2D eigenvalue weighted by Gasteiger charge is 2.17. The highest BCUT2D eigenvalue weighted by Crippen LogP contribution is 2.21. The highest BCUT2D eigenvalue weighted by atomic mass is 15.1. The first-order chi connectivity index (χ1) is 7.98. The Kier molecular flexibility index (Phi) is 4.12. The fourth-order valence-electron chi connectivity index (χ4n) is 1.45. The van der Waals surface area contributed by atoms with Crippen molar-refractivity contribution in [1.82, 2.24) is 0 Å². The lowest BCUT2D eigenvalue weighted by Crippen LogP contribution is -2.23. The molecule has 88 valence electrons. The molecule has 0 heterocycles. The lowest BCUT2D eigenvalue weighted by Gasteiger charge is -2.23. The maximum atomic E-state index is 8.95. The van der Waals surface area contributed by atoms with Crippen molar-refractivity contribution in [2.75, 3.05) is 18.5 Å². The summed E-state index contributed by atoms with van der Waals surface area (Å²) in [6.07, 6.45) is 0.802. The van der Waals surface area contributed by atoms with Crippen molar-refractivity contribution in [1.29, 1.82) is 10.5 Å². The predicted octanol–water partition coefficient (Wildman–Crippen LogP) is 2.93. The molecule has 1 aromatic rings. The van der Waals surface area contributed by atoms with Gasteiger partial charge in [0.1, 0.15) is 0 Å². The highest BCUT2D eigenvalue weighted by molar-refractivity contribution is 5.50. The molecule has 0 saturated heterocycles. The molecule has 0 aliphatic heterocycles. The Morgan fingerprint density at radius 1 is 1.29 bits per heavy atom. The maximum Gasteiger partial charge on any atom is 0.0992 e. The van der Waals surface area contributed by atoms with Crippen molar-refractivity contribution in [3.05, 3.63) is 29.8 Å². The first-order valence-corrected chi connectivity index (χ1v) is 5.61. The molecular weight excluding hydrogens is 210 g/mol. The van der Waals surface area contributed by atoms with E-state index in [0.29, 0.717) is 5.56 Å². The number of nitriles is 2. The number of nitrogens with zero attached hydrogens (tertiary/aromatic N) is 3. The normalized spacial score (nSPS) is 10.4. The van der Waals surface area contributed by atoms with Gasteiger partial charge in [0.2, 0.25) is 0 Å². The largest absolute Gasteiger partial charge is 0.375 e. The van der Waals surface area contributed by atoms with Crippen LogP contribution < -0.4 is 4.90 Å². The predicted molar refractivity (Wildman–Crippen MR) is 68.4 cm³/mol. The average molecular weight is 227 g/mol. The lowest BCUT2D eigenvalue weighted by molar-refractivity contribution is 0.455. The van der Waals surface area contributed by atoms with E-state index in [-0.39, 0.29) is 5.41 Å². The van der Waals surface area contributed by atoms with Crippen LogP contribution in [0.15, 0.2) is 24.3 Å². The molecule has 0 amide bonds. The van der Waals surface area contributed by atoms with Gasteiger partial charge in [-0.3, -0.25) is 0 Å². The molecule has 0 aliphatic carbocycles. The maximum absolute atomic E-state index is 8.95. The van der Waals surface area contributed by atoms with Gasteiger partial charge in [0.25, 0.3) is 0 Å². The summed E-state index contributed by atoms with van der Waals surface area (Å²) in [4.78, 5) is 2.07. The van der Waals surface area contributed by atoms with Crippen LogP contribution in [-0.4, -0.2) is 13.6 Å². The van der Waals surface area contributed by atoms with Crippen LogP contribution in [0.1, 0.15) is 25.8 Å². The average Bonchev–Trinajstić information content (AvgIpc) is 2.36. The molecular formula is C14H17N3. The molecule has 3 nitrogen and oxygen atoms in total. The summed E-state index contributed by atoms with van der Waals surface area (Å²) < 4.78 is 0. The van der Waals surface area contributed by atoms with E-state index in [0.717, 1.165) is 18.7 Å². The zero-order chi connectivity index (χ0) is 12.9. The molecule has 0 radical (unpaired) electrons. The van der Waals surface area contributed by atoms with Crippen LogP contribution in [0.4, 0.5) is 5.69 Å². The van der Waals surface area contributed by atoms with Gasteiger partial charge >= 0.3 is 0 Å². The summed E-state index contributed by atoms with van der Waals surface area (Å²) in [6.45, 7) is 4.68. The number of anilines is 1. The Hall–Kier alpha value is -2.00. The monoisotopic (exact) mass is 227 g/mol. The standard InChI is InChI=1S/C14H17N3/c1-14(2,11-16)7-8-17(3)13-6-4-5-12(9-13)10-15/h4-6,9H,7-8H2,1-3H3. The zero-order valence-corrected chi connectivity index (χ0v) is 10.6. The number of hydrogen-bond acceptors (Lipinski definition) is 3. The van der Waals surface area contributed by atoms with E-state index in [1.54, 1.807) is 6.07 Å². The van der Waals surface area contributed by atoms with Crippen LogP contribution in [0, 0.1) is 28.1 Å². The van der Waals surface area contributed by atoms with Gasteiger partial charge in [-0.15, -0.1) is 0 Å². The third kappa shape index (κ3) is 3.81. The van der Waals surface area contributed by atoms with E-state index in [1.165, 1.54) is 0 Å². The van der Waals surface area contributed by atoms with Crippen LogP contribution in [-0.2, 0) is 0 Å². The van der Waals surface area contributed by atoms with E-state index in [9.17, 15) is 0 Å². The molecule has 17 heavy (non-hydrogen) atoms. The number of hydrogen-bond donors (Lipinski definition) is 0. The third-order valence-electron chi connectivity index (χ3n) is 2.79. The van der Waals surface area contributed by atoms with Gasteiger partial charge < -0.3 is 4.90 Å². The van der Waals surface area contributed by atoms with Crippen molar-refractivity contribution in [2.45, 2.75) is 20.3 Å². The molecule has 0 aliphatic rings. The van der Waals surface area contributed by atoms with Crippen molar-refractivity contribution < 1.29 is 0 Å². The second kappa shape index (κ2) is 5.37. The van der Waals surface area contributed by atoms with Crippen LogP contribution in [0.25, 0.3) is 0 Å². The van der Waals surface area contributed by atoms with Gasteiger partial charge in [0.05, 0.1) is 23.1 Å². The molecule has 0 spiro atoms. The van der Waals surface area contributed by atoms with Crippen LogP contribution in [0.2, 0.25) is 0 Å². The van der Waals surface area contributed by atoms with Crippen LogP contribution in [0.5, 0.6) is 0 Å². The minimum Gasteiger partial charge on any atom is -0.375 e. The Labute approximate surface area is 103 Å². The van der Waals surface area contributed by atoms with Crippen molar-refractivity contribution in [2.24, 2.45) is 5.41 Å². The number of benzene rings is 1. The Morgan fingerprint density at radius 3 is 2.59 bits per heavy atom. The van der Waals surface area contributed by atoms with Crippen LogP contribution >= 0.6 is 0 Å².